The molecule has 96 valence electrons. The van der Waals surface area contributed by atoms with Crippen molar-refractivity contribution < 1.29 is 9.90 Å². The highest BCUT2D eigenvalue weighted by molar-refractivity contribution is 5.96. The van der Waals surface area contributed by atoms with E-state index in [-0.39, 0.29) is 12.5 Å². The molecule has 0 aliphatic rings. The van der Waals surface area contributed by atoms with Gasteiger partial charge in [0, 0.05) is 12.7 Å². The normalized spacial score (nSPS) is 14.5. The van der Waals surface area contributed by atoms with Crippen molar-refractivity contribution in [1.29, 1.82) is 0 Å². The molecule has 17 heavy (non-hydrogen) atoms. The van der Waals surface area contributed by atoms with E-state index in [1.165, 1.54) is 0 Å². The molecule has 1 rings (SSSR count). The van der Waals surface area contributed by atoms with Gasteiger partial charge in [-0.2, -0.15) is 5.10 Å². The second kappa shape index (κ2) is 4.87. The molecular formula is C12H21N3O2. The summed E-state index contributed by atoms with van der Waals surface area (Å²) in [5, 5.41) is 16.4. The van der Waals surface area contributed by atoms with Crippen LogP contribution in [-0.4, -0.2) is 32.9 Å². The molecule has 0 aliphatic heterocycles. The third-order valence-electron chi connectivity index (χ3n) is 3.28. The second-order valence-electron chi connectivity index (χ2n) is 4.70. The van der Waals surface area contributed by atoms with Crippen molar-refractivity contribution in [2.45, 2.75) is 39.7 Å². The first-order chi connectivity index (χ1) is 7.84. The first kappa shape index (κ1) is 13.7. The lowest BCUT2D eigenvalue weighted by Gasteiger charge is -2.27. The highest BCUT2D eigenvalue weighted by Crippen LogP contribution is 2.15. The summed E-state index contributed by atoms with van der Waals surface area (Å²) in [6.45, 7) is 7.35. The van der Waals surface area contributed by atoms with Crippen LogP contribution in [0.2, 0.25) is 0 Å². The first-order valence-electron chi connectivity index (χ1n) is 5.78. The summed E-state index contributed by atoms with van der Waals surface area (Å²) in [6.07, 6.45) is 0.674. The Bertz CT molecular complexity index is 420. The fraction of sp³-hybridized carbons (Fsp3) is 0.667. The van der Waals surface area contributed by atoms with Gasteiger partial charge in [0.05, 0.1) is 23.4 Å². The van der Waals surface area contributed by atoms with Crippen molar-refractivity contribution in [3.63, 3.8) is 0 Å². The van der Waals surface area contributed by atoms with E-state index < -0.39 is 5.54 Å². The van der Waals surface area contributed by atoms with E-state index in [4.69, 9.17) is 0 Å². The highest BCUT2D eigenvalue weighted by atomic mass is 16.3. The Balaban J connectivity index is 2.98. The van der Waals surface area contributed by atoms with Gasteiger partial charge in [0.2, 0.25) is 0 Å². The van der Waals surface area contributed by atoms with Crippen LogP contribution in [0.25, 0.3) is 0 Å². The molecule has 0 saturated carbocycles. The van der Waals surface area contributed by atoms with Crippen molar-refractivity contribution in [2.75, 3.05) is 6.61 Å². The maximum Gasteiger partial charge on any atom is 0.255 e. The summed E-state index contributed by atoms with van der Waals surface area (Å²) in [5.74, 6) is -0.175. The van der Waals surface area contributed by atoms with Crippen LogP contribution in [0.1, 0.15) is 42.0 Å². The van der Waals surface area contributed by atoms with Crippen LogP contribution >= 0.6 is 0 Å². The molecule has 0 bridgehead atoms. The van der Waals surface area contributed by atoms with Crippen LogP contribution in [0.4, 0.5) is 0 Å². The molecule has 1 atom stereocenters. The maximum atomic E-state index is 12.2. The zero-order valence-corrected chi connectivity index (χ0v) is 11.2. The predicted molar refractivity (Wildman–Crippen MR) is 65.9 cm³/mol. The Morgan fingerprint density at radius 2 is 2.12 bits per heavy atom. The minimum atomic E-state index is -0.578. The summed E-state index contributed by atoms with van der Waals surface area (Å²) in [7, 11) is 1.81. The smallest absolute Gasteiger partial charge is 0.255 e. The Kier molecular flexibility index (Phi) is 3.93. The molecule has 0 radical (unpaired) electrons. The fourth-order valence-electron chi connectivity index (χ4n) is 1.68. The van der Waals surface area contributed by atoms with Crippen LogP contribution in [-0.2, 0) is 7.05 Å². The van der Waals surface area contributed by atoms with Gasteiger partial charge in [-0.25, -0.2) is 0 Å². The lowest BCUT2D eigenvalue weighted by molar-refractivity contribution is 0.0846. The Morgan fingerprint density at radius 1 is 1.53 bits per heavy atom. The molecule has 0 fully saturated rings. The topological polar surface area (TPSA) is 67.2 Å². The highest BCUT2D eigenvalue weighted by Gasteiger charge is 2.26. The van der Waals surface area contributed by atoms with E-state index in [0.29, 0.717) is 17.7 Å². The maximum absolute atomic E-state index is 12.2. The lowest BCUT2D eigenvalue weighted by Crippen LogP contribution is -2.48. The second-order valence-corrected chi connectivity index (χ2v) is 4.70. The molecule has 0 saturated heterocycles. The number of carbonyl (C=O) groups is 1. The Hall–Kier alpha value is -1.36. The summed E-state index contributed by atoms with van der Waals surface area (Å²) in [5.41, 5.74) is 1.56. The van der Waals surface area contributed by atoms with Crippen LogP contribution in [0.15, 0.2) is 0 Å². The number of carbonyl (C=O) groups excluding carboxylic acids is 1. The number of rotatable bonds is 4. The summed E-state index contributed by atoms with van der Waals surface area (Å²) < 4.78 is 1.69. The lowest BCUT2D eigenvalue weighted by atomic mass is 9.99. The average molecular weight is 239 g/mol. The van der Waals surface area contributed by atoms with Gasteiger partial charge in [0.25, 0.3) is 5.91 Å². The molecule has 0 spiro atoms. The number of aromatic nitrogens is 2. The van der Waals surface area contributed by atoms with Gasteiger partial charge in [-0.3, -0.25) is 9.48 Å². The number of nitrogens with zero attached hydrogens (tertiary/aromatic N) is 2. The molecule has 1 aromatic rings. The van der Waals surface area contributed by atoms with Crippen LogP contribution in [0, 0.1) is 13.8 Å². The molecule has 1 unspecified atom stereocenters. The zero-order chi connectivity index (χ0) is 13.2. The number of aryl methyl sites for hydroxylation is 2. The van der Waals surface area contributed by atoms with Gasteiger partial charge in [-0.05, 0) is 27.2 Å². The zero-order valence-electron chi connectivity index (χ0n) is 11.2. The van der Waals surface area contributed by atoms with E-state index in [1.807, 2.05) is 34.7 Å². The molecule has 1 heterocycles. The largest absolute Gasteiger partial charge is 0.394 e. The van der Waals surface area contributed by atoms with Crippen molar-refractivity contribution >= 4 is 5.91 Å². The quantitative estimate of drug-likeness (QED) is 0.821. The molecule has 1 aromatic heterocycles. The summed E-state index contributed by atoms with van der Waals surface area (Å²) in [6, 6.07) is 0. The van der Waals surface area contributed by atoms with E-state index in [1.54, 1.807) is 4.68 Å². The van der Waals surface area contributed by atoms with Gasteiger partial charge in [-0.1, -0.05) is 6.92 Å². The first-order valence-corrected chi connectivity index (χ1v) is 5.78. The number of hydrogen-bond donors (Lipinski definition) is 2. The minimum absolute atomic E-state index is 0.0758. The molecule has 0 aliphatic carbocycles. The Morgan fingerprint density at radius 3 is 2.47 bits per heavy atom. The molecular weight excluding hydrogens is 218 g/mol. The molecule has 5 heteroatoms. The van der Waals surface area contributed by atoms with Gasteiger partial charge in [0.1, 0.15) is 0 Å². The van der Waals surface area contributed by atoms with E-state index in [0.717, 1.165) is 5.69 Å². The average Bonchev–Trinajstić information content (AvgIpc) is 2.53. The number of hydrogen-bond acceptors (Lipinski definition) is 3. The molecule has 0 aromatic carbocycles. The molecule has 1 amide bonds. The fourth-order valence-corrected chi connectivity index (χ4v) is 1.68. The van der Waals surface area contributed by atoms with Crippen molar-refractivity contribution in [1.82, 2.24) is 15.1 Å². The van der Waals surface area contributed by atoms with E-state index in [9.17, 15) is 9.90 Å². The predicted octanol–water partition coefficient (Wildman–Crippen LogP) is 0.928. The van der Waals surface area contributed by atoms with Crippen molar-refractivity contribution in [2.24, 2.45) is 7.05 Å². The van der Waals surface area contributed by atoms with E-state index >= 15 is 0 Å². The number of amides is 1. The van der Waals surface area contributed by atoms with Crippen LogP contribution in [0.5, 0.6) is 0 Å². The third kappa shape index (κ3) is 2.66. The standard InChI is InChI=1S/C12H21N3O2/c1-6-12(4,7-16)13-11(17)10-8(2)14-15(5)9(10)3/h16H,6-7H2,1-5H3,(H,13,17). The third-order valence-corrected chi connectivity index (χ3v) is 3.28. The monoisotopic (exact) mass is 239 g/mol. The SMILES string of the molecule is CCC(C)(CO)NC(=O)c1c(C)nn(C)c1C. The van der Waals surface area contributed by atoms with E-state index in [2.05, 4.69) is 10.4 Å². The van der Waals surface area contributed by atoms with Gasteiger partial charge in [-0.15, -0.1) is 0 Å². The van der Waals surface area contributed by atoms with Crippen molar-refractivity contribution in [3.05, 3.63) is 17.0 Å². The molecule has 2 N–H and O–H groups in total. The van der Waals surface area contributed by atoms with Crippen LogP contribution < -0.4 is 5.32 Å². The van der Waals surface area contributed by atoms with Crippen molar-refractivity contribution in [3.8, 4) is 0 Å². The van der Waals surface area contributed by atoms with Crippen LogP contribution in [0.3, 0.4) is 0 Å². The summed E-state index contributed by atoms with van der Waals surface area (Å²) >= 11 is 0. The van der Waals surface area contributed by atoms with Gasteiger partial charge >= 0.3 is 0 Å². The Labute approximate surface area is 102 Å². The van der Waals surface area contributed by atoms with Gasteiger partial charge in [0.15, 0.2) is 0 Å². The summed E-state index contributed by atoms with van der Waals surface area (Å²) in [4.78, 5) is 12.2. The number of aliphatic hydroxyl groups is 1. The minimum Gasteiger partial charge on any atom is -0.394 e. The number of aliphatic hydroxyl groups excluding tert-OH is 1. The molecule has 5 nitrogen and oxygen atoms in total. The number of nitrogens with one attached hydrogen (secondary N) is 1. The van der Waals surface area contributed by atoms with Gasteiger partial charge < -0.3 is 10.4 Å².